The molecule has 0 radical (unpaired) electrons. The SMILES string of the molecule is C=CC(=O)Oc1cc(-n2c(OC)nc(C(F)(F)F)c(F)c2=O)c(F)cc1Cl. The standard InChI is InChI=1S/C15H8ClF5N2O4/c1-3-10(24)27-9-5-8(7(17)4-6(9)16)23-13(25)11(18)12(15(19,20)21)22-14(23)26-2/h3-5H,1H2,2H3. The van der Waals surface area contributed by atoms with E-state index in [-0.39, 0.29) is 4.57 Å². The Morgan fingerprint density at radius 3 is 2.48 bits per heavy atom. The minimum absolute atomic E-state index is 0.0987. The first-order chi connectivity index (χ1) is 12.5. The highest BCUT2D eigenvalue weighted by atomic mass is 35.5. The molecule has 27 heavy (non-hydrogen) atoms. The first-order valence-corrected chi connectivity index (χ1v) is 7.16. The third kappa shape index (κ3) is 3.92. The van der Waals surface area contributed by atoms with E-state index in [1.165, 1.54) is 0 Å². The van der Waals surface area contributed by atoms with E-state index in [9.17, 15) is 31.5 Å². The van der Waals surface area contributed by atoms with Crippen molar-refractivity contribution in [3.05, 3.63) is 57.5 Å². The van der Waals surface area contributed by atoms with Gasteiger partial charge < -0.3 is 9.47 Å². The van der Waals surface area contributed by atoms with E-state index < -0.39 is 57.5 Å². The lowest BCUT2D eigenvalue weighted by molar-refractivity contribution is -0.144. The normalized spacial score (nSPS) is 11.2. The van der Waals surface area contributed by atoms with Gasteiger partial charge in [-0.25, -0.2) is 13.8 Å². The molecule has 0 atom stereocenters. The van der Waals surface area contributed by atoms with Crippen molar-refractivity contribution in [1.82, 2.24) is 9.55 Å². The quantitative estimate of drug-likeness (QED) is 0.335. The molecule has 2 aromatic rings. The van der Waals surface area contributed by atoms with Crippen LogP contribution in [0.3, 0.4) is 0 Å². The van der Waals surface area contributed by atoms with Gasteiger partial charge in [0.05, 0.1) is 17.8 Å². The molecule has 0 bridgehead atoms. The zero-order valence-electron chi connectivity index (χ0n) is 13.2. The molecule has 0 N–H and O–H groups in total. The van der Waals surface area contributed by atoms with Crippen molar-refractivity contribution in [2.75, 3.05) is 7.11 Å². The summed E-state index contributed by atoms with van der Waals surface area (Å²) in [5.41, 5.74) is -4.84. The van der Waals surface area contributed by atoms with Gasteiger partial charge in [0, 0.05) is 12.1 Å². The molecule has 0 saturated heterocycles. The number of benzene rings is 1. The van der Waals surface area contributed by atoms with Crippen LogP contribution in [0.4, 0.5) is 22.0 Å². The fourth-order valence-electron chi connectivity index (χ4n) is 1.94. The second-order valence-electron chi connectivity index (χ2n) is 4.76. The number of esters is 1. The molecule has 12 heteroatoms. The zero-order valence-corrected chi connectivity index (χ0v) is 14.0. The van der Waals surface area contributed by atoms with Gasteiger partial charge in [-0.15, -0.1) is 0 Å². The van der Waals surface area contributed by atoms with Crippen LogP contribution in [0.5, 0.6) is 11.8 Å². The van der Waals surface area contributed by atoms with Gasteiger partial charge in [-0.05, 0) is 6.07 Å². The number of halogens is 6. The second kappa shape index (κ2) is 7.35. The molecule has 144 valence electrons. The number of ether oxygens (including phenoxy) is 2. The van der Waals surface area contributed by atoms with Gasteiger partial charge in [0.25, 0.3) is 5.56 Å². The van der Waals surface area contributed by atoms with Crippen molar-refractivity contribution >= 4 is 17.6 Å². The summed E-state index contributed by atoms with van der Waals surface area (Å²) in [6.45, 7) is 3.14. The van der Waals surface area contributed by atoms with Gasteiger partial charge in [0.2, 0.25) is 5.82 Å². The van der Waals surface area contributed by atoms with Crippen molar-refractivity contribution < 1.29 is 36.2 Å². The third-order valence-electron chi connectivity index (χ3n) is 3.07. The van der Waals surface area contributed by atoms with Crippen molar-refractivity contribution in [3.8, 4) is 17.4 Å². The molecular weight excluding hydrogens is 403 g/mol. The van der Waals surface area contributed by atoms with Crippen molar-refractivity contribution in [2.24, 2.45) is 0 Å². The third-order valence-corrected chi connectivity index (χ3v) is 3.36. The van der Waals surface area contributed by atoms with E-state index in [2.05, 4.69) is 16.3 Å². The number of carbonyl (C=O) groups is 1. The molecular formula is C15H8ClF5N2O4. The van der Waals surface area contributed by atoms with E-state index in [0.29, 0.717) is 12.1 Å². The van der Waals surface area contributed by atoms with E-state index >= 15 is 0 Å². The number of carbonyl (C=O) groups excluding carboxylic acids is 1. The number of hydrogen-bond donors (Lipinski definition) is 0. The lowest BCUT2D eigenvalue weighted by atomic mass is 10.2. The number of hydrogen-bond acceptors (Lipinski definition) is 5. The molecule has 2 rings (SSSR count). The van der Waals surface area contributed by atoms with Crippen LogP contribution in [0.15, 0.2) is 29.6 Å². The van der Waals surface area contributed by atoms with Crippen LogP contribution in [-0.4, -0.2) is 22.6 Å². The predicted molar refractivity (Wildman–Crippen MR) is 82.1 cm³/mol. The highest BCUT2D eigenvalue weighted by Crippen LogP contribution is 2.33. The van der Waals surface area contributed by atoms with Crippen LogP contribution in [0, 0.1) is 11.6 Å². The maximum atomic E-state index is 14.3. The monoisotopic (exact) mass is 410 g/mol. The van der Waals surface area contributed by atoms with Gasteiger partial charge in [-0.1, -0.05) is 18.2 Å². The smallest absolute Gasteiger partial charge is 0.436 e. The Morgan fingerprint density at radius 2 is 1.96 bits per heavy atom. The molecule has 0 saturated carbocycles. The molecule has 0 fully saturated rings. The van der Waals surface area contributed by atoms with Gasteiger partial charge in [0.1, 0.15) is 5.82 Å². The van der Waals surface area contributed by atoms with E-state index in [1.54, 1.807) is 0 Å². The maximum Gasteiger partial charge on any atom is 0.436 e. The summed E-state index contributed by atoms with van der Waals surface area (Å²) in [7, 11) is 0.836. The lowest BCUT2D eigenvalue weighted by Gasteiger charge is -2.15. The number of alkyl halides is 3. The first-order valence-electron chi connectivity index (χ1n) is 6.78. The number of nitrogens with zero attached hydrogens (tertiary/aromatic N) is 2. The summed E-state index contributed by atoms with van der Waals surface area (Å²) in [6.07, 6.45) is -4.54. The van der Waals surface area contributed by atoms with Crippen LogP contribution >= 0.6 is 11.6 Å². The van der Waals surface area contributed by atoms with Crippen molar-refractivity contribution in [1.29, 1.82) is 0 Å². The van der Waals surface area contributed by atoms with Crippen LogP contribution in [0.25, 0.3) is 5.69 Å². The Kier molecular flexibility index (Phi) is 5.54. The van der Waals surface area contributed by atoms with Crippen molar-refractivity contribution in [3.63, 3.8) is 0 Å². The van der Waals surface area contributed by atoms with E-state index in [4.69, 9.17) is 16.3 Å². The largest absolute Gasteiger partial charge is 0.468 e. The Labute approximate surface area is 152 Å². The fraction of sp³-hybridized carbons (Fsp3) is 0.133. The molecule has 0 amide bonds. The van der Waals surface area contributed by atoms with E-state index in [0.717, 1.165) is 13.2 Å². The molecule has 0 spiro atoms. The fourth-order valence-corrected chi connectivity index (χ4v) is 2.13. The molecule has 0 aliphatic carbocycles. The number of rotatable bonds is 4. The van der Waals surface area contributed by atoms with E-state index in [1.807, 2.05) is 0 Å². The highest BCUT2D eigenvalue weighted by molar-refractivity contribution is 6.32. The second-order valence-corrected chi connectivity index (χ2v) is 5.17. The lowest BCUT2D eigenvalue weighted by Crippen LogP contribution is -2.29. The average molecular weight is 411 g/mol. The molecule has 1 heterocycles. The maximum absolute atomic E-state index is 14.3. The predicted octanol–water partition coefficient (Wildman–Crippen LogP) is 3.28. The number of aromatic nitrogens is 2. The number of methoxy groups -OCH3 is 1. The van der Waals surface area contributed by atoms with Crippen LogP contribution in [0.1, 0.15) is 5.69 Å². The van der Waals surface area contributed by atoms with Gasteiger partial charge in [0.15, 0.2) is 11.4 Å². The summed E-state index contributed by atoms with van der Waals surface area (Å²) in [6, 6.07) is 0.234. The summed E-state index contributed by atoms with van der Waals surface area (Å²) in [5, 5.41) is -0.404. The molecule has 1 aromatic heterocycles. The molecule has 0 unspecified atom stereocenters. The Balaban J connectivity index is 2.80. The highest BCUT2D eigenvalue weighted by Gasteiger charge is 2.39. The summed E-state index contributed by atoms with van der Waals surface area (Å²) in [4.78, 5) is 26.3. The topological polar surface area (TPSA) is 70.4 Å². The summed E-state index contributed by atoms with van der Waals surface area (Å²) >= 11 is 5.71. The average Bonchev–Trinajstić information content (AvgIpc) is 2.58. The molecule has 0 aliphatic rings. The summed E-state index contributed by atoms with van der Waals surface area (Å²) in [5.74, 6) is -4.99. The Hall–Kier alpha value is -2.95. The molecule has 1 aromatic carbocycles. The minimum Gasteiger partial charge on any atom is -0.468 e. The van der Waals surface area contributed by atoms with Crippen molar-refractivity contribution in [2.45, 2.75) is 6.18 Å². The Morgan fingerprint density at radius 1 is 1.33 bits per heavy atom. The van der Waals surface area contributed by atoms with Crippen LogP contribution < -0.4 is 15.0 Å². The van der Waals surface area contributed by atoms with Gasteiger partial charge in [-0.3, -0.25) is 4.79 Å². The van der Waals surface area contributed by atoms with Crippen LogP contribution in [-0.2, 0) is 11.0 Å². The van der Waals surface area contributed by atoms with Gasteiger partial charge >= 0.3 is 18.2 Å². The first kappa shape index (κ1) is 20.4. The molecule has 0 aliphatic heterocycles. The molecule has 6 nitrogen and oxygen atoms in total. The Bertz CT molecular complexity index is 988. The summed E-state index contributed by atoms with van der Waals surface area (Å²) < 4.78 is 75.9. The van der Waals surface area contributed by atoms with Crippen LogP contribution in [0.2, 0.25) is 5.02 Å². The zero-order chi connectivity index (χ0) is 20.5. The minimum atomic E-state index is -5.29. The van der Waals surface area contributed by atoms with Gasteiger partial charge in [-0.2, -0.15) is 22.5 Å².